The Hall–Kier alpha value is -3.06. The van der Waals surface area contributed by atoms with Crippen LogP contribution in [0.2, 0.25) is 0 Å². The van der Waals surface area contributed by atoms with Gasteiger partial charge in [-0.2, -0.15) is 13.2 Å². The van der Waals surface area contributed by atoms with E-state index in [2.05, 4.69) is 4.98 Å². The molecule has 34 heavy (non-hydrogen) atoms. The molecule has 0 N–H and O–H groups in total. The average molecular weight is 473 g/mol. The Bertz CT molecular complexity index is 1120. The van der Waals surface area contributed by atoms with Crippen LogP contribution in [0.25, 0.3) is 6.08 Å². The van der Waals surface area contributed by atoms with Gasteiger partial charge in [-0.15, -0.1) is 0 Å². The van der Waals surface area contributed by atoms with Crippen molar-refractivity contribution in [2.24, 2.45) is 5.92 Å². The fourth-order valence-electron chi connectivity index (χ4n) is 4.34. The molecule has 4 rings (SSSR count). The number of nitrogens with zero attached hydrogens (tertiary/aromatic N) is 1. The van der Waals surface area contributed by atoms with Gasteiger partial charge in [-0.25, -0.2) is 8.78 Å². The zero-order valence-corrected chi connectivity index (χ0v) is 18.4. The van der Waals surface area contributed by atoms with Gasteiger partial charge < -0.3 is 4.74 Å². The zero-order valence-electron chi connectivity index (χ0n) is 18.4. The Morgan fingerprint density at radius 3 is 2.41 bits per heavy atom. The number of aromatic nitrogens is 1. The quantitative estimate of drug-likeness (QED) is 0.315. The number of alkyl halides is 3. The van der Waals surface area contributed by atoms with E-state index in [-0.39, 0.29) is 19.1 Å². The van der Waals surface area contributed by atoms with Crippen LogP contribution in [0.15, 0.2) is 72.6 Å². The molecule has 2 aromatic carbocycles. The molecule has 178 valence electrons. The van der Waals surface area contributed by atoms with Crippen molar-refractivity contribution in [2.45, 2.75) is 38.0 Å². The van der Waals surface area contributed by atoms with Gasteiger partial charge in [0.05, 0.1) is 18.8 Å². The number of pyridine rings is 1. The van der Waals surface area contributed by atoms with Gasteiger partial charge in [-0.1, -0.05) is 30.7 Å². The van der Waals surface area contributed by atoms with Crippen molar-refractivity contribution < 1.29 is 26.7 Å². The summed E-state index contributed by atoms with van der Waals surface area (Å²) < 4.78 is 72.7. The molecule has 3 aromatic rings. The predicted molar refractivity (Wildman–Crippen MR) is 120 cm³/mol. The van der Waals surface area contributed by atoms with Crippen LogP contribution in [0.3, 0.4) is 0 Å². The second-order valence-electron chi connectivity index (χ2n) is 8.57. The van der Waals surface area contributed by atoms with E-state index < -0.39 is 23.4 Å². The van der Waals surface area contributed by atoms with E-state index in [0.717, 1.165) is 48.6 Å². The average Bonchev–Trinajstić information content (AvgIpc) is 2.75. The van der Waals surface area contributed by atoms with Gasteiger partial charge in [-0.05, 0) is 71.4 Å². The van der Waals surface area contributed by atoms with E-state index >= 15 is 0 Å². The molecule has 1 saturated carbocycles. The first-order chi connectivity index (χ1) is 16.3. The smallest absolute Gasteiger partial charge is 0.372 e. The summed E-state index contributed by atoms with van der Waals surface area (Å²) in [6.45, 7) is 0.0770. The lowest BCUT2D eigenvalue weighted by Gasteiger charge is -2.36. The highest BCUT2D eigenvalue weighted by atomic mass is 19.4. The molecular weight excluding hydrogens is 449 g/mol. The minimum absolute atomic E-state index is 0.0246. The number of rotatable bonds is 8. The summed E-state index contributed by atoms with van der Waals surface area (Å²) in [5.74, 6) is -1.12. The van der Waals surface area contributed by atoms with E-state index in [1.54, 1.807) is 24.5 Å². The number of ether oxygens (including phenoxy) is 1. The van der Waals surface area contributed by atoms with Gasteiger partial charge in [0.2, 0.25) is 0 Å². The topological polar surface area (TPSA) is 22.1 Å². The lowest BCUT2D eigenvalue weighted by molar-refractivity contribution is -0.137. The third kappa shape index (κ3) is 6.08. The fourth-order valence-corrected chi connectivity index (χ4v) is 4.34. The monoisotopic (exact) mass is 473 g/mol. The van der Waals surface area contributed by atoms with Crippen LogP contribution >= 0.6 is 0 Å². The Morgan fingerprint density at radius 2 is 1.79 bits per heavy atom. The third-order valence-electron chi connectivity index (χ3n) is 6.09. The summed E-state index contributed by atoms with van der Waals surface area (Å²) in [5.41, 5.74) is 1.80. The molecule has 0 aliphatic heterocycles. The van der Waals surface area contributed by atoms with Crippen LogP contribution in [0, 0.1) is 17.6 Å². The molecule has 1 fully saturated rings. The van der Waals surface area contributed by atoms with Crippen molar-refractivity contribution >= 4 is 6.08 Å². The summed E-state index contributed by atoms with van der Waals surface area (Å²) in [6.07, 6.45) is 3.83. The molecule has 1 aliphatic carbocycles. The second-order valence-corrected chi connectivity index (χ2v) is 8.57. The maximum atomic E-state index is 13.8. The minimum Gasteiger partial charge on any atom is -0.372 e. The SMILES string of the molecule is Fc1cc(F)cc(/C=C(\COCc2cccc(C(F)(F)F)c2)C(c2cccnc2)C2CCC2)c1. The number of hydrogen-bond donors (Lipinski definition) is 0. The van der Waals surface area contributed by atoms with Crippen LogP contribution < -0.4 is 0 Å². The molecule has 2 nitrogen and oxygen atoms in total. The fraction of sp³-hybridized carbons (Fsp3) is 0.296. The molecular formula is C27H24F5NO. The van der Waals surface area contributed by atoms with Crippen molar-refractivity contribution in [1.29, 1.82) is 0 Å². The highest BCUT2D eigenvalue weighted by Gasteiger charge is 2.32. The van der Waals surface area contributed by atoms with Crippen LogP contribution in [-0.4, -0.2) is 11.6 Å². The largest absolute Gasteiger partial charge is 0.416 e. The molecule has 0 saturated heterocycles. The normalized spacial score (nSPS) is 15.7. The van der Waals surface area contributed by atoms with Crippen molar-refractivity contribution in [3.05, 3.63) is 106 Å². The standard InChI is InChI=1S/C27H24F5NO/c28-24-12-19(13-25(29)14-24)10-22(26(20-5-2-6-20)21-7-3-9-33-15-21)17-34-16-18-4-1-8-23(11-18)27(30,31)32/h1,3-4,7-15,20,26H,2,5-6,16-17H2/b22-10+. The van der Waals surface area contributed by atoms with E-state index in [9.17, 15) is 22.0 Å². The van der Waals surface area contributed by atoms with E-state index in [0.29, 0.717) is 17.0 Å². The van der Waals surface area contributed by atoms with Gasteiger partial charge in [0.15, 0.2) is 0 Å². The lowest BCUT2D eigenvalue weighted by Crippen LogP contribution is -2.24. The molecule has 0 radical (unpaired) electrons. The van der Waals surface area contributed by atoms with E-state index in [1.165, 1.54) is 18.2 Å². The summed E-state index contributed by atoms with van der Waals surface area (Å²) in [7, 11) is 0. The Kier molecular flexibility index (Phi) is 7.41. The lowest BCUT2D eigenvalue weighted by atomic mass is 9.70. The first-order valence-corrected chi connectivity index (χ1v) is 11.1. The van der Waals surface area contributed by atoms with Gasteiger partial charge in [0, 0.05) is 24.4 Å². The maximum Gasteiger partial charge on any atom is 0.416 e. The van der Waals surface area contributed by atoms with E-state index in [4.69, 9.17) is 4.74 Å². The molecule has 0 amide bonds. The van der Waals surface area contributed by atoms with Crippen molar-refractivity contribution in [2.75, 3.05) is 6.61 Å². The first kappa shape index (κ1) is 24.1. The zero-order chi connectivity index (χ0) is 24.1. The molecule has 7 heteroatoms. The van der Waals surface area contributed by atoms with Crippen LogP contribution in [0.4, 0.5) is 22.0 Å². The van der Waals surface area contributed by atoms with Crippen LogP contribution in [0.5, 0.6) is 0 Å². The molecule has 0 spiro atoms. The summed E-state index contributed by atoms with van der Waals surface area (Å²) in [4.78, 5) is 4.23. The third-order valence-corrected chi connectivity index (χ3v) is 6.09. The maximum absolute atomic E-state index is 13.8. The Balaban J connectivity index is 1.62. The number of hydrogen-bond acceptors (Lipinski definition) is 2. The molecule has 1 aliphatic rings. The van der Waals surface area contributed by atoms with E-state index in [1.807, 2.05) is 12.1 Å². The number of halogens is 5. The number of benzene rings is 2. The molecule has 1 unspecified atom stereocenters. The van der Waals surface area contributed by atoms with Gasteiger partial charge >= 0.3 is 6.18 Å². The van der Waals surface area contributed by atoms with Crippen molar-refractivity contribution in [1.82, 2.24) is 4.98 Å². The van der Waals surface area contributed by atoms with Gasteiger partial charge in [0.1, 0.15) is 11.6 Å². The highest BCUT2D eigenvalue weighted by Crippen LogP contribution is 2.44. The van der Waals surface area contributed by atoms with Crippen LogP contribution in [-0.2, 0) is 17.5 Å². The minimum atomic E-state index is -4.43. The second kappa shape index (κ2) is 10.5. The summed E-state index contributed by atoms with van der Waals surface area (Å²) in [5, 5.41) is 0. The molecule has 0 bridgehead atoms. The highest BCUT2D eigenvalue weighted by molar-refractivity contribution is 5.56. The summed E-state index contributed by atoms with van der Waals surface area (Å²) in [6, 6.07) is 12.1. The predicted octanol–water partition coefficient (Wildman–Crippen LogP) is 7.56. The summed E-state index contributed by atoms with van der Waals surface area (Å²) >= 11 is 0. The first-order valence-electron chi connectivity index (χ1n) is 11.1. The van der Waals surface area contributed by atoms with Gasteiger partial charge in [-0.3, -0.25) is 4.98 Å². The van der Waals surface area contributed by atoms with Crippen LogP contribution in [0.1, 0.15) is 47.4 Å². The molecule has 1 heterocycles. The molecule has 1 aromatic heterocycles. The van der Waals surface area contributed by atoms with Crippen molar-refractivity contribution in [3.8, 4) is 0 Å². The van der Waals surface area contributed by atoms with Crippen molar-refractivity contribution in [3.63, 3.8) is 0 Å². The molecule has 1 atom stereocenters. The Labute approximate surface area is 195 Å². The Morgan fingerprint density at radius 1 is 1.03 bits per heavy atom. The van der Waals surface area contributed by atoms with Gasteiger partial charge in [0.25, 0.3) is 0 Å².